The van der Waals surface area contributed by atoms with Gasteiger partial charge in [0.15, 0.2) is 0 Å². The summed E-state index contributed by atoms with van der Waals surface area (Å²) >= 11 is 1.40. The van der Waals surface area contributed by atoms with Gasteiger partial charge in [-0.15, -0.1) is 11.3 Å². The first-order chi connectivity index (χ1) is 9.75. The van der Waals surface area contributed by atoms with Gasteiger partial charge in [0, 0.05) is 19.2 Å². The van der Waals surface area contributed by atoms with Crippen molar-refractivity contribution in [3.8, 4) is 0 Å². The predicted molar refractivity (Wildman–Crippen MR) is 76.3 cm³/mol. The Morgan fingerprint density at radius 2 is 2.25 bits per heavy atom. The third kappa shape index (κ3) is 4.51. The van der Waals surface area contributed by atoms with E-state index in [1.54, 1.807) is 18.6 Å². The molecule has 106 valence electrons. The average molecular weight is 292 g/mol. The topological polar surface area (TPSA) is 86.9 Å². The summed E-state index contributed by atoms with van der Waals surface area (Å²) in [6.07, 6.45) is 4.24. The Hall–Kier alpha value is -2.15. The van der Waals surface area contributed by atoms with Crippen molar-refractivity contribution in [1.82, 2.24) is 20.6 Å². The molecule has 0 atom stereocenters. The van der Waals surface area contributed by atoms with E-state index in [9.17, 15) is 9.59 Å². The number of imidazole rings is 1. The highest BCUT2D eigenvalue weighted by atomic mass is 32.1. The van der Waals surface area contributed by atoms with Crippen molar-refractivity contribution in [3.05, 3.63) is 40.6 Å². The van der Waals surface area contributed by atoms with Crippen LogP contribution in [-0.2, 0) is 11.3 Å². The monoisotopic (exact) mass is 292 g/mol. The van der Waals surface area contributed by atoms with E-state index in [1.165, 1.54) is 11.3 Å². The Morgan fingerprint density at radius 3 is 2.95 bits per heavy atom. The molecular weight excluding hydrogens is 276 g/mol. The van der Waals surface area contributed by atoms with Crippen molar-refractivity contribution < 1.29 is 9.59 Å². The second-order valence-corrected chi connectivity index (χ2v) is 5.14. The van der Waals surface area contributed by atoms with E-state index >= 15 is 0 Å². The first-order valence-corrected chi connectivity index (χ1v) is 7.19. The van der Waals surface area contributed by atoms with Crippen LogP contribution in [0.5, 0.6) is 0 Å². The Kier molecular flexibility index (Phi) is 5.31. The number of carbonyl (C=O) groups excluding carboxylic acids is 2. The third-order valence-electron chi connectivity index (χ3n) is 2.64. The summed E-state index contributed by atoms with van der Waals surface area (Å²) < 4.78 is 0. The second-order valence-electron chi connectivity index (χ2n) is 4.19. The molecule has 0 bridgehead atoms. The summed E-state index contributed by atoms with van der Waals surface area (Å²) in [5.41, 5.74) is 0.865. The van der Waals surface area contributed by atoms with Crippen LogP contribution in [0.4, 0.5) is 0 Å². The maximum absolute atomic E-state index is 11.6. The molecule has 20 heavy (non-hydrogen) atoms. The Bertz CT molecular complexity index is 537. The number of hydrogen-bond acceptors (Lipinski definition) is 4. The van der Waals surface area contributed by atoms with Crippen molar-refractivity contribution in [2.45, 2.75) is 19.4 Å². The molecule has 3 N–H and O–H groups in total. The number of aromatic nitrogens is 2. The van der Waals surface area contributed by atoms with Crippen LogP contribution in [0.2, 0.25) is 0 Å². The molecule has 0 unspecified atom stereocenters. The smallest absolute Gasteiger partial charge is 0.261 e. The molecule has 2 amide bonds. The molecule has 0 aliphatic carbocycles. The number of H-pyrrole nitrogens is 1. The summed E-state index contributed by atoms with van der Waals surface area (Å²) in [4.78, 5) is 30.6. The molecule has 0 saturated carbocycles. The molecule has 2 heterocycles. The van der Waals surface area contributed by atoms with Crippen LogP contribution in [0.3, 0.4) is 0 Å². The number of thiophene rings is 1. The molecule has 7 heteroatoms. The van der Waals surface area contributed by atoms with Gasteiger partial charge in [-0.3, -0.25) is 9.59 Å². The van der Waals surface area contributed by atoms with Gasteiger partial charge in [-0.25, -0.2) is 4.98 Å². The zero-order valence-corrected chi connectivity index (χ0v) is 11.7. The van der Waals surface area contributed by atoms with Crippen LogP contribution in [0.1, 0.15) is 28.2 Å². The highest BCUT2D eigenvalue weighted by Gasteiger charge is 2.06. The minimum atomic E-state index is -0.0853. The van der Waals surface area contributed by atoms with E-state index < -0.39 is 0 Å². The second kappa shape index (κ2) is 7.44. The fourth-order valence-corrected chi connectivity index (χ4v) is 2.25. The average Bonchev–Trinajstić information content (AvgIpc) is 3.13. The molecule has 2 aromatic rings. The standard InChI is InChI=1S/C13H16N4O2S/c18-12(16-8-10-7-14-9-17-10)4-1-5-15-13(19)11-3-2-6-20-11/h2-3,6-7,9H,1,4-5,8H2,(H,14,17)(H,15,19)(H,16,18). The molecule has 0 aromatic carbocycles. The van der Waals surface area contributed by atoms with Gasteiger partial charge in [0.2, 0.25) is 5.91 Å². The number of amides is 2. The van der Waals surface area contributed by atoms with Gasteiger partial charge in [-0.2, -0.15) is 0 Å². The fraction of sp³-hybridized carbons (Fsp3) is 0.308. The molecule has 0 saturated heterocycles. The fourth-order valence-electron chi connectivity index (χ4n) is 1.61. The van der Waals surface area contributed by atoms with E-state index in [0.717, 1.165) is 5.69 Å². The van der Waals surface area contributed by atoms with Gasteiger partial charge in [-0.05, 0) is 17.9 Å². The number of nitrogens with zero attached hydrogens (tertiary/aromatic N) is 1. The zero-order valence-electron chi connectivity index (χ0n) is 10.9. The molecular formula is C13H16N4O2S. The van der Waals surface area contributed by atoms with E-state index in [4.69, 9.17) is 0 Å². The number of aromatic amines is 1. The van der Waals surface area contributed by atoms with Crippen LogP contribution < -0.4 is 10.6 Å². The molecule has 2 rings (SSSR count). The van der Waals surface area contributed by atoms with E-state index in [0.29, 0.717) is 30.8 Å². The molecule has 0 aliphatic heterocycles. The van der Waals surface area contributed by atoms with E-state index in [2.05, 4.69) is 20.6 Å². The van der Waals surface area contributed by atoms with Gasteiger partial charge >= 0.3 is 0 Å². The maximum Gasteiger partial charge on any atom is 0.261 e. The lowest BCUT2D eigenvalue weighted by Gasteiger charge is -2.05. The molecule has 0 aliphatic rings. The van der Waals surface area contributed by atoms with Crippen molar-refractivity contribution in [2.75, 3.05) is 6.54 Å². The normalized spacial score (nSPS) is 10.2. The summed E-state index contributed by atoms with van der Waals surface area (Å²) in [5.74, 6) is -0.122. The minimum absolute atomic E-state index is 0.0371. The molecule has 0 radical (unpaired) electrons. The van der Waals surface area contributed by atoms with Crippen LogP contribution in [0, 0.1) is 0 Å². The van der Waals surface area contributed by atoms with Crippen LogP contribution in [-0.4, -0.2) is 28.3 Å². The number of nitrogens with one attached hydrogen (secondary N) is 3. The summed E-state index contributed by atoms with van der Waals surface area (Å²) in [6.45, 7) is 0.939. The van der Waals surface area contributed by atoms with Crippen molar-refractivity contribution >= 4 is 23.2 Å². The first-order valence-electron chi connectivity index (χ1n) is 6.31. The lowest BCUT2D eigenvalue weighted by atomic mass is 10.3. The SMILES string of the molecule is O=C(CCCNC(=O)c1cccs1)NCc1cnc[nH]1. The summed E-state index contributed by atoms with van der Waals surface area (Å²) in [7, 11) is 0. The lowest BCUT2D eigenvalue weighted by molar-refractivity contribution is -0.121. The van der Waals surface area contributed by atoms with Gasteiger partial charge in [-0.1, -0.05) is 6.07 Å². The number of carbonyl (C=O) groups is 2. The highest BCUT2D eigenvalue weighted by Crippen LogP contribution is 2.07. The van der Waals surface area contributed by atoms with Gasteiger partial charge in [0.05, 0.1) is 23.4 Å². The molecule has 0 fully saturated rings. The predicted octanol–water partition coefficient (Wildman–Crippen LogP) is 1.30. The Labute approximate surface area is 120 Å². The minimum Gasteiger partial charge on any atom is -0.351 e. The molecule has 0 spiro atoms. The number of hydrogen-bond donors (Lipinski definition) is 3. The summed E-state index contributed by atoms with van der Waals surface area (Å²) in [5, 5.41) is 7.42. The first kappa shape index (κ1) is 14.3. The van der Waals surface area contributed by atoms with Crippen molar-refractivity contribution in [1.29, 1.82) is 0 Å². The zero-order chi connectivity index (χ0) is 14.2. The molecule has 2 aromatic heterocycles. The van der Waals surface area contributed by atoms with E-state index in [-0.39, 0.29) is 11.8 Å². The van der Waals surface area contributed by atoms with Crippen LogP contribution in [0.15, 0.2) is 30.0 Å². The largest absolute Gasteiger partial charge is 0.351 e. The number of rotatable bonds is 7. The molecule has 6 nitrogen and oxygen atoms in total. The van der Waals surface area contributed by atoms with Crippen LogP contribution in [0.25, 0.3) is 0 Å². The van der Waals surface area contributed by atoms with Gasteiger partial charge in [0.25, 0.3) is 5.91 Å². The van der Waals surface area contributed by atoms with E-state index in [1.807, 2.05) is 11.4 Å². The quantitative estimate of drug-likeness (QED) is 0.672. The van der Waals surface area contributed by atoms with Crippen LogP contribution >= 0.6 is 11.3 Å². The van der Waals surface area contributed by atoms with Gasteiger partial charge < -0.3 is 15.6 Å². The summed E-state index contributed by atoms with van der Waals surface area (Å²) in [6, 6.07) is 3.61. The Morgan fingerprint density at radius 1 is 1.35 bits per heavy atom. The van der Waals surface area contributed by atoms with Crippen molar-refractivity contribution in [2.24, 2.45) is 0 Å². The van der Waals surface area contributed by atoms with Crippen molar-refractivity contribution in [3.63, 3.8) is 0 Å². The third-order valence-corrected chi connectivity index (χ3v) is 3.51. The lowest BCUT2D eigenvalue weighted by Crippen LogP contribution is -2.27. The Balaban J connectivity index is 1.56. The highest BCUT2D eigenvalue weighted by molar-refractivity contribution is 7.12. The maximum atomic E-state index is 11.6. The van der Waals surface area contributed by atoms with Gasteiger partial charge in [0.1, 0.15) is 0 Å².